The first-order valence-corrected chi connectivity index (χ1v) is 10.5. The highest BCUT2D eigenvalue weighted by molar-refractivity contribution is 6.30. The molecule has 30 heavy (non-hydrogen) atoms. The Labute approximate surface area is 180 Å². The Kier molecular flexibility index (Phi) is 5.66. The summed E-state index contributed by atoms with van der Waals surface area (Å²) in [6, 6.07) is 11.1. The predicted octanol–water partition coefficient (Wildman–Crippen LogP) is 3.51. The molecule has 1 aromatic heterocycles. The molecule has 7 nitrogen and oxygen atoms in total. The Morgan fingerprint density at radius 1 is 1.23 bits per heavy atom. The molecule has 3 N–H and O–H groups in total. The van der Waals surface area contributed by atoms with Gasteiger partial charge in [0, 0.05) is 36.1 Å². The van der Waals surface area contributed by atoms with Gasteiger partial charge in [-0.2, -0.15) is 0 Å². The summed E-state index contributed by atoms with van der Waals surface area (Å²) in [5.41, 5.74) is 7.87. The van der Waals surface area contributed by atoms with Gasteiger partial charge >= 0.3 is 12.0 Å². The van der Waals surface area contributed by atoms with Gasteiger partial charge in [-0.05, 0) is 55.5 Å². The summed E-state index contributed by atoms with van der Waals surface area (Å²) in [6.07, 6.45) is 5.05. The molecule has 158 valence electrons. The number of aromatic nitrogens is 1. The molecule has 2 heterocycles. The molecule has 1 aliphatic heterocycles. The average Bonchev–Trinajstić information content (AvgIpc) is 3.15. The highest BCUT2D eigenvalue weighted by atomic mass is 35.5. The zero-order chi connectivity index (χ0) is 21.3. The molecule has 0 radical (unpaired) electrons. The normalized spacial score (nSPS) is 24.3. The lowest BCUT2D eigenvalue weighted by Gasteiger charge is -2.42. The molecular weight excluding hydrogens is 404 g/mol. The Balaban J connectivity index is 1.44. The highest BCUT2D eigenvalue weighted by Gasteiger charge is 2.41. The van der Waals surface area contributed by atoms with Crippen molar-refractivity contribution in [1.29, 1.82) is 0 Å². The standard InChI is InChI=1S/C22H25ClN4O3/c23-16-3-1-2-15(12-16)22(14-24)8-6-17(7-9-22)26-10-11-27(21(26)30)18-4-5-19(20(28)29)25-13-18/h1-5,12-13,17H,6-11,14,24H2,(H,28,29)/t17-,22-. The molecule has 0 bridgehead atoms. The fraction of sp³-hybridized carbons (Fsp3) is 0.409. The largest absolute Gasteiger partial charge is 0.477 e. The molecule has 1 saturated heterocycles. The van der Waals surface area contributed by atoms with E-state index >= 15 is 0 Å². The lowest BCUT2D eigenvalue weighted by atomic mass is 9.68. The number of anilines is 1. The summed E-state index contributed by atoms with van der Waals surface area (Å²) < 4.78 is 0. The van der Waals surface area contributed by atoms with Crippen molar-refractivity contribution in [2.75, 3.05) is 24.5 Å². The number of carboxylic acids is 1. The second-order valence-corrected chi connectivity index (χ2v) is 8.50. The molecule has 0 unspecified atom stereocenters. The Morgan fingerprint density at radius 2 is 2.00 bits per heavy atom. The number of nitrogens with two attached hydrogens (primary N) is 1. The molecule has 1 aromatic carbocycles. The molecule has 2 fully saturated rings. The van der Waals surface area contributed by atoms with Gasteiger partial charge in [0.2, 0.25) is 0 Å². The van der Waals surface area contributed by atoms with Gasteiger partial charge in [0.15, 0.2) is 0 Å². The molecule has 2 aliphatic rings. The minimum Gasteiger partial charge on any atom is -0.477 e. The van der Waals surface area contributed by atoms with Gasteiger partial charge in [0.25, 0.3) is 0 Å². The second-order valence-electron chi connectivity index (χ2n) is 8.06. The van der Waals surface area contributed by atoms with Gasteiger partial charge in [-0.15, -0.1) is 0 Å². The van der Waals surface area contributed by atoms with Crippen molar-refractivity contribution >= 4 is 29.3 Å². The first-order chi connectivity index (χ1) is 14.4. The SMILES string of the molecule is NC[C@]1(c2cccc(Cl)c2)CC[C@H](N2CCN(c3ccc(C(=O)O)nc3)C2=O)CC1. The molecule has 0 spiro atoms. The van der Waals surface area contributed by atoms with Gasteiger partial charge < -0.3 is 15.7 Å². The lowest BCUT2D eigenvalue weighted by Crippen LogP contribution is -2.46. The molecule has 2 aromatic rings. The first kappa shape index (κ1) is 20.6. The van der Waals surface area contributed by atoms with Crippen LogP contribution in [0.5, 0.6) is 0 Å². The zero-order valence-corrected chi connectivity index (χ0v) is 17.4. The van der Waals surface area contributed by atoms with Crippen LogP contribution in [0.2, 0.25) is 5.02 Å². The van der Waals surface area contributed by atoms with E-state index in [0.717, 1.165) is 30.7 Å². The van der Waals surface area contributed by atoms with E-state index in [1.165, 1.54) is 17.8 Å². The Hall–Kier alpha value is -2.64. The summed E-state index contributed by atoms with van der Waals surface area (Å²) in [6.45, 7) is 1.78. The number of nitrogens with zero attached hydrogens (tertiary/aromatic N) is 3. The van der Waals surface area contributed by atoms with E-state index in [4.69, 9.17) is 22.4 Å². The van der Waals surface area contributed by atoms with Crippen LogP contribution < -0.4 is 10.6 Å². The molecule has 1 aliphatic carbocycles. The minimum atomic E-state index is -1.08. The number of carboxylic acid groups (broad SMARTS) is 1. The Bertz CT molecular complexity index is 942. The third kappa shape index (κ3) is 3.75. The van der Waals surface area contributed by atoms with E-state index in [9.17, 15) is 9.59 Å². The minimum absolute atomic E-state index is 0.0336. The van der Waals surface area contributed by atoms with Gasteiger partial charge in [-0.3, -0.25) is 4.90 Å². The van der Waals surface area contributed by atoms with Gasteiger partial charge in [-0.25, -0.2) is 14.6 Å². The number of urea groups is 1. The number of aromatic carboxylic acids is 1. The van der Waals surface area contributed by atoms with Crippen molar-refractivity contribution in [2.45, 2.75) is 37.1 Å². The highest BCUT2D eigenvalue weighted by Crippen LogP contribution is 2.41. The number of amides is 2. The van der Waals surface area contributed by atoms with Crippen molar-refractivity contribution < 1.29 is 14.7 Å². The number of hydrogen-bond acceptors (Lipinski definition) is 4. The topological polar surface area (TPSA) is 99.8 Å². The van der Waals surface area contributed by atoms with Crippen LogP contribution in [-0.4, -0.2) is 52.7 Å². The zero-order valence-electron chi connectivity index (χ0n) is 16.6. The van der Waals surface area contributed by atoms with Crippen LogP contribution in [-0.2, 0) is 5.41 Å². The number of halogens is 1. The fourth-order valence-electron chi connectivity index (χ4n) is 4.70. The van der Waals surface area contributed by atoms with Crippen molar-refractivity contribution in [3.63, 3.8) is 0 Å². The van der Waals surface area contributed by atoms with Crippen LogP contribution in [0.1, 0.15) is 41.7 Å². The summed E-state index contributed by atoms with van der Waals surface area (Å²) in [5, 5.41) is 9.72. The summed E-state index contributed by atoms with van der Waals surface area (Å²) >= 11 is 6.20. The maximum atomic E-state index is 13.0. The van der Waals surface area contributed by atoms with Crippen LogP contribution in [0.4, 0.5) is 10.5 Å². The third-order valence-corrected chi connectivity index (χ3v) is 6.74. The van der Waals surface area contributed by atoms with E-state index in [1.807, 2.05) is 23.1 Å². The maximum Gasteiger partial charge on any atom is 0.354 e. The van der Waals surface area contributed by atoms with E-state index in [2.05, 4.69) is 11.1 Å². The first-order valence-electron chi connectivity index (χ1n) is 10.2. The van der Waals surface area contributed by atoms with E-state index < -0.39 is 5.97 Å². The summed E-state index contributed by atoms with van der Waals surface area (Å²) in [4.78, 5) is 31.6. The molecular formula is C22H25ClN4O3. The fourth-order valence-corrected chi connectivity index (χ4v) is 4.89. The van der Waals surface area contributed by atoms with Crippen molar-refractivity contribution in [3.8, 4) is 0 Å². The molecule has 1 saturated carbocycles. The average molecular weight is 429 g/mol. The third-order valence-electron chi connectivity index (χ3n) is 6.50. The van der Waals surface area contributed by atoms with Gasteiger partial charge in [-0.1, -0.05) is 23.7 Å². The quantitative estimate of drug-likeness (QED) is 0.759. The van der Waals surface area contributed by atoms with Crippen LogP contribution in [0.15, 0.2) is 42.6 Å². The smallest absolute Gasteiger partial charge is 0.354 e. The van der Waals surface area contributed by atoms with Crippen LogP contribution in [0.3, 0.4) is 0 Å². The Morgan fingerprint density at radius 3 is 2.60 bits per heavy atom. The van der Waals surface area contributed by atoms with Crippen LogP contribution in [0, 0.1) is 0 Å². The number of carbonyl (C=O) groups is 2. The van der Waals surface area contributed by atoms with E-state index in [0.29, 0.717) is 25.3 Å². The number of rotatable bonds is 5. The summed E-state index contributed by atoms with van der Waals surface area (Å²) in [5.74, 6) is -1.08. The van der Waals surface area contributed by atoms with Crippen molar-refractivity contribution in [3.05, 3.63) is 58.9 Å². The second kappa shape index (κ2) is 8.24. The molecule has 2 amide bonds. The van der Waals surface area contributed by atoms with Gasteiger partial charge in [0.05, 0.1) is 11.9 Å². The number of hydrogen-bond donors (Lipinski definition) is 2. The molecule has 0 atom stereocenters. The molecule has 8 heteroatoms. The summed E-state index contributed by atoms with van der Waals surface area (Å²) in [7, 11) is 0. The van der Waals surface area contributed by atoms with Crippen molar-refractivity contribution in [1.82, 2.24) is 9.88 Å². The lowest BCUT2D eigenvalue weighted by molar-refractivity contribution is 0.0690. The van der Waals surface area contributed by atoms with Crippen LogP contribution >= 0.6 is 11.6 Å². The van der Waals surface area contributed by atoms with E-state index in [-0.39, 0.29) is 23.2 Å². The maximum absolute atomic E-state index is 13.0. The number of carbonyl (C=O) groups excluding carboxylic acids is 1. The van der Waals surface area contributed by atoms with E-state index in [1.54, 1.807) is 11.0 Å². The number of benzene rings is 1. The van der Waals surface area contributed by atoms with Crippen LogP contribution in [0.25, 0.3) is 0 Å². The van der Waals surface area contributed by atoms with Crippen molar-refractivity contribution in [2.24, 2.45) is 5.73 Å². The van der Waals surface area contributed by atoms with Gasteiger partial charge in [0.1, 0.15) is 5.69 Å². The molecule has 4 rings (SSSR count). The number of pyridine rings is 1. The predicted molar refractivity (Wildman–Crippen MR) is 115 cm³/mol. The monoisotopic (exact) mass is 428 g/mol.